The number of nitrogens with zero attached hydrogens (tertiary/aromatic N) is 1. The summed E-state index contributed by atoms with van der Waals surface area (Å²) < 4.78 is 0. The van der Waals surface area contributed by atoms with Crippen molar-refractivity contribution in [2.24, 2.45) is 5.92 Å². The standard InChI is InChI=1S/C14H18N2O2S2/c1-9(2)11(17)7-15-13(18)6-10-8-20-14(16-10)12-4-3-5-19-12/h3-5,8-9,11,17H,6-7H2,1-2H3,(H,15,18). The van der Waals surface area contributed by atoms with Gasteiger partial charge < -0.3 is 10.4 Å². The molecule has 0 aliphatic carbocycles. The lowest BCUT2D eigenvalue weighted by atomic mass is 10.1. The Bertz CT molecular complexity index is 549. The van der Waals surface area contributed by atoms with Crippen LogP contribution in [0.3, 0.4) is 0 Å². The van der Waals surface area contributed by atoms with Crippen LogP contribution in [0.5, 0.6) is 0 Å². The summed E-state index contributed by atoms with van der Waals surface area (Å²) in [4.78, 5) is 17.4. The average molecular weight is 310 g/mol. The van der Waals surface area contributed by atoms with E-state index in [2.05, 4.69) is 10.3 Å². The van der Waals surface area contributed by atoms with Gasteiger partial charge in [0.1, 0.15) is 5.01 Å². The molecule has 20 heavy (non-hydrogen) atoms. The van der Waals surface area contributed by atoms with E-state index < -0.39 is 6.10 Å². The number of amides is 1. The van der Waals surface area contributed by atoms with Crippen molar-refractivity contribution in [3.63, 3.8) is 0 Å². The minimum Gasteiger partial charge on any atom is -0.391 e. The maximum atomic E-state index is 11.8. The van der Waals surface area contributed by atoms with Gasteiger partial charge in [-0.15, -0.1) is 22.7 Å². The van der Waals surface area contributed by atoms with Gasteiger partial charge in [0.05, 0.1) is 23.1 Å². The van der Waals surface area contributed by atoms with E-state index in [4.69, 9.17) is 0 Å². The lowest BCUT2D eigenvalue weighted by Gasteiger charge is -2.14. The molecule has 1 amide bonds. The zero-order chi connectivity index (χ0) is 14.5. The van der Waals surface area contributed by atoms with Crippen LogP contribution in [0.25, 0.3) is 9.88 Å². The fourth-order valence-corrected chi connectivity index (χ4v) is 3.22. The molecule has 0 fully saturated rings. The summed E-state index contributed by atoms with van der Waals surface area (Å²) in [5, 5.41) is 17.2. The Morgan fingerprint density at radius 1 is 1.45 bits per heavy atom. The molecule has 0 aromatic carbocycles. The van der Waals surface area contributed by atoms with E-state index >= 15 is 0 Å². The SMILES string of the molecule is CC(C)C(O)CNC(=O)Cc1csc(-c2cccs2)n1. The van der Waals surface area contributed by atoms with Crippen molar-refractivity contribution in [2.75, 3.05) is 6.54 Å². The molecule has 0 aliphatic rings. The van der Waals surface area contributed by atoms with Gasteiger partial charge in [0.25, 0.3) is 0 Å². The Kier molecular flexibility index (Phi) is 5.28. The molecule has 0 saturated carbocycles. The number of hydrogen-bond acceptors (Lipinski definition) is 5. The number of thiophene rings is 1. The molecule has 0 aliphatic heterocycles. The van der Waals surface area contributed by atoms with Crippen LogP contribution in [0.15, 0.2) is 22.9 Å². The Morgan fingerprint density at radius 3 is 2.90 bits per heavy atom. The molecule has 2 aromatic heterocycles. The highest BCUT2D eigenvalue weighted by Gasteiger charge is 2.13. The summed E-state index contributed by atoms with van der Waals surface area (Å²) in [6.45, 7) is 4.13. The molecule has 6 heteroatoms. The Labute approximate surface area is 126 Å². The first-order chi connectivity index (χ1) is 9.56. The number of hydrogen-bond donors (Lipinski definition) is 2. The fourth-order valence-electron chi connectivity index (χ4n) is 1.58. The molecular formula is C14H18N2O2S2. The quantitative estimate of drug-likeness (QED) is 0.862. The molecule has 0 bridgehead atoms. The van der Waals surface area contributed by atoms with Gasteiger partial charge >= 0.3 is 0 Å². The van der Waals surface area contributed by atoms with Crippen molar-refractivity contribution in [3.8, 4) is 9.88 Å². The zero-order valence-electron chi connectivity index (χ0n) is 11.5. The van der Waals surface area contributed by atoms with Crippen molar-refractivity contribution in [1.29, 1.82) is 0 Å². The molecule has 4 nitrogen and oxygen atoms in total. The second-order valence-corrected chi connectivity index (χ2v) is 6.72. The van der Waals surface area contributed by atoms with Crippen molar-refractivity contribution in [3.05, 3.63) is 28.6 Å². The average Bonchev–Trinajstić information content (AvgIpc) is 3.05. The summed E-state index contributed by atoms with van der Waals surface area (Å²) in [5.41, 5.74) is 0.773. The largest absolute Gasteiger partial charge is 0.391 e. The van der Waals surface area contributed by atoms with Gasteiger partial charge in [-0.1, -0.05) is 19.9 Å². The van der Waals surface area contributed by atoms with E-state index in [0.29, 0.717) is 6.54 Å². The first-order valence-corrected chi connectivity index (χ1v) is 8.25. The van der Waals surface area contributed by atoms with Crippen molar-refractivity contribution >= 4 is 28.6 Å². The van der Waals surface area contributed by atoms with Gasteiger partial charge in [-0.2, -0.15) is 0 Å². The van der Waals surface area contributed by atoms with E-state index in [-0.39, 0.29) is 18.2 Å². The summed E-state index contributed by atoms with van der Waals surface area (Å²) in [6.07, 6.45) is -0.247. The topological polar surface area (TPSA) is 62.2 Å². The van der Waals surface area contributed by atoms with Crippen molar-refractivity contribution < 1.29 is 9.90 Å². The minimum atomic E-state index is -0.504. The lowest BCUT2D eigenvalue weighted by molar-refractivity contribution is -0.121. The van der Waals surface area contributed by atoms with Gasteiger partial charge in [-0.3, -0.25) is 4.79 Å². The van der Waals surface area contributed by atoms with E-state index in [1.807, 2.05) is 36.7 Å². The predicted molar refractivity (Wildman–Crippen MR) is 83.0 cm³/mol. The zero-order valence-corrected chi connectivity index (χ0v) is 13.1. The van der Waals surface area contributed by atoms with Gasteiger partial charge in [0.15, 0.2) is 0 Å². The van der Waals surface area contributed by atoms with Gasteiger partial charge in [0, 0.05) is 11.9 Å². The molecule has 1 atom stereocenters. The fraction of sp³-hybridized carbons (Fsp3) is 0.429. The maximum absolute atomic E-state index is 11.8. The number of nitrogens with one attached hydrogen (secondary N) is 1. The van der Waals surface area contributed by atoms with Crippen LogP contribution in [0.2, 0.25) is 0 Å². The van der Waals surface area contributed by atoms with E-state index in [1.54, 1.807) is 22.7 Å². The molecule has 2 rings (SSSR count). The third kappa shape index (κ3) is 4.13. The van der Waals surface area contributed by atoms with E-state index in [1.165, 1.54) is 0 Å². The van der Waals surface area contributed by atoms with Crippen LogP contribution in [-0.2, 0) is 11.2 Å². The summed E-state index contributed by atoms with van der Waals surface area (Å²) in [7, 11) is 0. The normalized spacial score (nSPS) is 12.6. The lowest BCUT2D eigenvalue weighted by Crippen LogP contribution is -2.35. The Hall–Kier alpha value is -1.24. The highest BCUT2D eigenvalue weighted by Crippen LogP contribution is 2.27. The third-order valence-corrected chi connectivity index (χ3v) is 4.83. The number of aliphatic hydroxyl groups excluding tert-OH is 1. The highest BCUT2D eigenvalue weighted by atomic mass is 32.1. The van der Waals surface area contributed by atoms with Crippen LogP contribution in [0.4, 0.5) is 0 Å². The molecule has 2 N–H and O–H groups in total. The number of rotatable bonds is 6. The van der Waals surface area contributed by atoms with Crippen LogP contribution in [0, 0.1) is 5.92 Å². The van der Waals surface area contributed by atoms with E-state index in [0.717, 1.165) is 15.6 Å². The molecule has 1 unspecified atom stereocenters. The second kappa shape index (κ2) is 6.97. The van der Waals surface area contributed by atoms with Gasteiger partial charge in [-0.25, -0.2) is 4.98 Å². The van der Waals surface area contributed by atoms with Gasteiger partial charge in [0.2, 0.25) is 5.91 Å². The van der Waals surface area contributed by atoms with E-state index in [9.17, 15) is 9.90 Å². The third-order valence-electron chi connectivity index (χ3n) is 2.90. The minimum absolute atomic E-state index is 0.104. The maximum Gasteiger partial charge on any atom is 0.226 e. The number of aliphatic hydroxyl groups is 1. The first-order valence-electron chi connectivity index (χ1n) is 6.49. The highest BCUT2D eigenvalue weighted by molar-refractivity contribution is 7.20. The number of thiazole rings is 1. The summed E-state index contributed by atoms with van der Waals surface area (Å²) >= 11 is 3.19. The number of aromatic nitrogens is 1. The Morgan fingerprint density at radius 2 is 2.25 bits per heavy atom. The first kappa shape index (κ1) is 15.2. The molecule has 2 aromatic rings. The van der Waals surface area contributed by atoms with Gasteiger partial charge in [-0.05, 0) is 17.4 Å². The molecule has 0 saturated heterocycles. The molecule has 108 valence electrons. The Balaban J connectivity index is 1.86. The van der Waals surface area contributed by atoms with Crippen LogP contribution in [-0.4, -0.2) is 28.6 Å². The molecule has 0 spiro atoms. The number of carbonyl (C=O) groups is 1. The van der Waals surface area contributed by atoms with Crippen LogP contribution in [0.1, 0.15) is 19.5 Å². The summed E-state index contributed by atoms with van der Waals surface area (Å²) in [6, 6.07) is 4.01. The number of carbonyl (C=O) groups excluding carboxylic acids is 1. The predicted octanol–water partition coefficient (Wildman–Crippen LogP) is 2.55. The molecule has 0 radical (unpaired) electrons. The molecular weight excluding hydrogens is 292 g/mol. The second-order valence-electron chi connectivity index (χ2n) is 4.91. The van der Waals surface area contributed by atoms with Crippen LogP contribution >= 0.6 is 22.7 Å². The van der Waals surface area contributed by atoms with Crippen LogP contribution < -0.4 is 5.32 Å². The monoisotopic (exact) mass is 310 g/mol. The van der Waals surface area contributed by atoms with Crippen molar-refractivity contribution in [1.82, 2.24) is 10.3 Å². The smallest absolute Gasteiger partial charge is 0.226 e. The summed E-state index contributed by atoms with van der Waals surface area (Å²) in [5.74, 6) is 0.0349. The van der Waals surface area contributed by atoms with Crippen molar-refractivity contribution in [2.45, 2.75) is 26.4 Å². The molecule has 2 heterocycles.